The predicted octanol–water partition coefficient (Wildman–Crippen LogP) is 25.8. The Bertz CT molecular complexity index is 2610. The average Bonchev–Trinajstić information content (AvgIpc) is 0.940. The van der Waals surface area contributed by atoms with Crippen LogP contribution in [0.4, 0.5) is 0 Å². The van der Waals surface area contributed by atoms with E-state index in [0.717, 1.165) is 167 Å². The van der Waals surface area contributed by atoms with Crippen LogP contribution in [0.2, 0.25) is 0 Å². The maximum atomic E-state index is 13.0. The molecule has 5 atom stereocenters. The molecule has 0 aliphatic heterocycles. The van der Waals surface area contributed by atoms with E-state index in [4.69, 9.17) is 32.3 Å². The van der Waals surface area contributed by atoms with Crippen LogP contribution in [0.3, 0.4) is 0 Å². The quantitative estimate of drug-likeness (QED) is 0.0146. The number of hydrogen-bond acceptors (Lipinski definition) is 14. The van der Waals surface area contributed by atoms with Crippen molar-refractivity contribution in [1.82, 2.24) is 0 Å². The molecule has 624 valence electrons. The average molecular weight is 1570 g/mol. The minimum atomic E-state index is -4.94. The number of esters is 3. The molecule has 18 heteroatoms. The van der Waals surface area contributed by atoms with Gasteiger partial charge < -0.3 is 34.2 Å². The summed E-state index contributed by atoms with van der Waals surface area (Å²) in [4.78, 5) is 58.8. The first-order chi connectivity index (χ1) is 53.2. The molecule has 4 N–H and O–H groups in total. The van der Waals surface area contributed by atoms with Gasteiger partial charge in [0.2, 0.25) is 0 Å². The van der Waals surface area contributed by atoms with Crippen LogP contribution in [0.1, 0.15) is 342 Å². The highest BCUT2D eigenvalue weighted by Gasteiger charge is 2.29. The number of hydrogen-bond donors (Lipinski definition) is 4. The normalized spacial score (nSPS) is 14.7. The Morgan fingerprint density at radius 3 is 0.725 bits per heavy atom. The Labute approximate surface area is 663 Å². The molecule has 0 rings (SSSR count). The van der Waals surface area contributed by atoms with Gasteiger partial charge in [-0.05, 0) is 141 Å². The zero-order valence-corrected chi connectivity index (χ0v) is 70.2. The SMILES string of the molecule is CC/C=C\C/C=C\C/C=C\C/C=C\C/C=C\CCCCCCCCCCCCCCCCCC(=O)OCC(O)COP(=O)(O)OCC(O)COP(=O)(O)OCC(COC(=O)CCCCCCCCCCCCC/C=C\C/C=C\C/C=C\C/C=C\C/C=C\CC)OC(=O)CCCCCCC/C=C\C/C=C\C/C=C\CC. The van der Waals surface area contributed by atoms with Crippen molar-refractivity contribution >= 4 is 33.6 Å². The molecule has 109 heavy (non-hydrogen) atoms. The molecule has 0 aromatic heterocycles. The van der Waals surface area contributed by atoms with Crippen LogP contribution in [-0.2, 0) is 55.8 Å². The zero-order valence-electron chi connectivity index (χ0n) is 68.4. The second-order valence-electron chi connectivity index (χ2n) is 28.2. The van der Waals surface area contributed by atoms with Crippen molar-refractivity contribution in [3.63, 3.8) is 0 Å². The highest BCUT2D eigenvalue weighted by Crippen LogP contribution is 2.45. The third kappa shape index (κ3) is 83.9. The number of phosphoric ester groups is 2. The molecule has 0 bridgehead atoms. The highest BCUT2D eigenvalue weighted by molar-refractivity contribution is 7.47. The Morgan fingerprint density at radius 2 is 0.459 bits per heavy atom. The van der Waals surface area contributed by atoms with Gasteiger partial charge in [0.25, 0.3) is 0 Å². The summed E-state index contributed by atoms with van der Waals surface area (Å²) in [6.07, 6.45) is 104. The van der Waals surface area contributed by atoms with Gasteiger partial charge >= 0.3 is 33.6 Å². The number of aliphatic hydroxyl groups is 2. The minimum Gasteiger partial charge on any atom is -0.463 e. The summed E-state index contributed by atoms with van der Waals surface area (Å²) < 4.78 is 61.3. The van der Waals surface area contributed by atoms with Crippen LogP contribution in [0.15, 0.2) is 158 Å². The van der Waals surface area contributed by atoms with E-state index in [1.165, 1.54) is 116 Å². The molecule has 16 nitrogen and oxygen atoms in total. The Hall–Kier alpha value is -4.83. The molecule has 0 radical (unpaired) electrons. The van der Waals surface area contributed by atoms with Crippen molar-refractivity contribution in [2.45, 2.75) is 360 Å². The van der Waals surface area contributed by atoms with E-state index in [1.807, 2.05) is 0 Å². The van der Waals surface area contributed by atoms with Crippen LogP contribution in [0, 0.1) is 0 Å². The Balaban J connectivity index is 4.50. The third-order valence-corrected chi connectivity index (χ3v) is 19.6. The van der Waals surface area contributed by atoms with Gasteiger partial charge in [-0.15, -0.1) is 0 Å². The first-order valence-electron chi connectivity index (χ1n) is 42.8. The fraction of sp³-hybridized carbons (Fsp3) is 0.681. The van der Waals surface area contributed by atoms with Gasteiger partial charge in [0.1, 0.15) is 25.4 Å². The molecule has 0 amide bonds. The largest absolute Gasteiger partial charge is 0.472 e. The molecule has 0 aromatic rings. The number of unbranched alkanes of at least 4 members (excludes halogenated alkanes) is 31. The lowest BCUT2D eigenvalue weighted by Crippen LogP contribution is -2.30. The van der Waals surface area contributed by atoms with Gasteiger partial charge in [-0.25, -0.2) is 9.13 Å². The number of aliphatic hydroxyl groups excluding tert-OH is 2. The van der Waals surface area contributed by atoms with Crippen molar-refractivity contribution in [1.29, 1.82) is 0 Å². The van der Waals surface area contributed by atoms with Crippen LogP contribution in [0.25, 0.3) is 0 Å². The minimum absolute atomic E-state index is 0.0813. The number of ether oxygens (including phenoxy) is 3. The topological polar surface area (TPSA) is 231 Å². The molecule has 0 spiro atoms. The fourth-order valence-corrected chi connectivity index (χ4v) is 12.9. The smallest absolute Gasteiger partial charge is 0.463 e. The number of rotatable bonds is 80. The van der Waals surface area contributed by atoms with Gasteiger partial charge in [-0.3, -0.25) is 32.5 Å². The highest BCUT2D eigenvalue weighted by atomic mass is 31.2. The van der Waals surface area contributed by atoms with E-state index in [9.17, 15) is 43.5 Å². The first kappa shape index (κ1) is 104. The molecular weight excluding hydrogens is 1410 g/mol. The summed E-state index contributed by atoms with van der Waals surface area (Å²) in [7, 11) is -9.81. The van der Waals surface area contributed by atoms with Gasteiger partial charge in [-0.1, -0.05) is 339 Å². The van der Waals surface area contributed by atoms with E-state index in [0.29, 0.717) is 19.3 Å². The molecule has 0 aliphatic rings. The second kappa shape index (κ2) is 82.6. The van der Waals surface area contributed by atoms with E-state index in [-0.39, 0.29) is 19.3 Å². The predicted molar refractivity (Wildman–Crippen MR) is 454 cm³/mol. The fourth-order valence-electron chi connectivity index (χ4n) is 11.3. The van der Waals surface area contributed by atoms with Crippen molar-refractivity contribution in [3.8, 4) is 0 Å². The summed E-state index contributed by atoms with van der Waals surface area (Å²) in [5.74, 6) is -1.59. The van der Waals surface area contributed by atoms with Gasteiger partial charge in [0, 0.05) is 19.3 Å². The molecule has 0 aromatic carbocycles. The zero-order chi connectivity index (χ0) is 79.4. The van der Waals surface area contributed by atoms with Gasteiger partial charge in [0.05, 0.1) is 26.4 Å². The summed E-state index contributed by atoms with van der Waals surface area (Å²) in [5, 5.41) is 20.7. The Morgan fingerprint density at radius 1 is 0.257 bits per heavy atom. The Kier molecular flexibility index (Phi) is 79.0. The first-order valence-corrected chi connectivity index (χ1v) is 45.8. The molecule has 0 fully saturated rings. The number of phosphoric acid groups is 2. The van der Waals surface area contributed by atoms with Gasteiger partial charge in [0.15, 0.2) is 6.10 Å². The molecule has 0 heterocycles. The monoisotopic (exact) mass is 1570 g/mol. The van der Waals surface area contributed by atoms with Crippen molar-refractivity contribution in [2.24, 2.45) is 0 Å². The van der Waals surface area contributed by atoms with E-state index >= 15 is 0 Å². The molecule has 0 saturated heterocycles. The summed E-state index contributed by atoms with van der Waals surface area (Å²) in [6, 6.07) is 0. The van der Waals surface area contributed by atoms with Crippen LogP contribution in [0.5, 0.6) is 0 Å². The van der Waals surface area contributed by atoms with Crippen LogP contribution < -0.4 is 0 Å². The van der Waals surface area contributed by atoms with Crippen LogP contribution >= 0.6 is 15.6 Å². The van der Waals surface area contributed by atoms with Crippen molar-refractivity contribution in [2.75, 3.05) is 39.6 Å². The van der Waals surface area contributed by atoms with E-state index < -0.39 is 91.5 Å². The molecule has 5 unspecified atom stereocenters. The molecule has 0 saturated carbocycles. The standard InChI is InChI=1S/C91H154O16P2/c1-4-7-10-13-16-19-22-25-28-30-32-34-36-38-40-41-42-43-45-47-48-50-52-54-57-59-62-65-68-71-74-77-89(94)101-80-86(92)81-103-108(97,98)104-82-87(93)83-105-109(99,100)106-85-88(107-91(96)79-76-73-70-67-64-61-56-27-24-21-18-15-12-9-6-3)84-102-90(95)78-75-72-69-66-63-60-58-55-53-51-49-46-44-39-37-35-33-31-29-26-23-20-17-14-11-8-5-2/h7-12,16-21,25-29,32-35,38-40,44,56,86-88,92-93H,4-6,13-15,22-24,30-31,36-37,41-43,45-55,57-85H2,1-3H3,(H,97,98)(H,99,100)/b10-7-,11-8-,12-9-,19-16-,20-17-,21-18-,28-25-,29-26-,34-32-,35-33-,40-38-,44-39-,56-27-. The molecule has 0 aliphatic carbocycles. The summed E-state index contributed by atoms with van der Waals surface area (Å²) in [6.45, 7) is 2.34. The molecular formula is C91H154O16P2. The van der Waals surface area contributed by atoms with Crippen molar-refractivity contribution in [3.05, 3.63) is 158 Å². The van der Waals surface area contributed by atoms with Gasteiger partial charge in [-0.2, -0.15) is 0 Å². The van der Waals surface area contributed by atoms with E-state index in [1.54, 1.807) is 0 Å². The third-order valence-electron chi connectivity index (χ3n) is 17.7. The summed E-state index contributed by atoms with van der Waals surface area (Å²) in [5.41, 5.74) is 0. The lowest BCUT2D eigenvalue weighted by atomic mass is 10.0. The second-order valence-corrected chi connectivity index (χ2v) is 31.1. The maximum absolute atomic E-state index is 13.0. The summed E-state index contributed by atoms with van der Waals surface area (Å²) >= 11 is 0. The number of carbonyl (C=O) groups excluding carboxylic acids is 3. The lowest BCUT2D eigenvalue weighted by molar-refractivity contribution is -0.161. The maximum Gasteiger partial charge on any atom is 0.472 e. The lowest BCUT2D eigenvalue weighted by Gasteiger charge is -2.21. The van der Waals surface area contributed by atoms with Crippen molar-refractivity contribution < 1.29 is 75.8 Å². The number of carbonyl (C=O) groups is 3. The van der Waals surface area contributed by atoms with E-state index in [2.05, 4.69) is 179 Å². The van der Waals surface area contributed by atoms with Crippen LogP contribution in [-0.4, -0.2) is 95.9 Å². The number of allylic oxidation sites excluding steroid dienone is 26.